The first kappa shape index (κ1) is 83.3. The van der Waals surface area contributed by atoms with Gasteiger partial charge in [-0.15, -0.1) is 0 Å². The summed E-state index contributed by atoms with van der Waals surface area (Å²) in [7, 11) is 0. The monoisotopic (exact) mass is 1200 g/mol. The molecule has 0 rings (SSSR count). The number of hydrogen-bond donors (Lipinski definition) is 3. The molecule has 0 aliphatic heterocycles. The zero-order valence-corrected chi connectivity index (χ0v) is 57.9. The first-order chi connectivity index (χ1) is 42.0. The third kappa shape index (κ3) is 71.3. The Morgan fingerprint density at radius 2 is 0.553 bits per heavy atom. The van der Waals surface area contributed by atoms with Gasteiger partial charge in [0.25, 0.3) is 0 Å². The topological polar surface area (TPSA) is 95.9 Å². The number of hydrogen-bond acceptors (Lipinski definition) is 5. The number of esters is 1. The summed E-state index contributed by atoms with van der Waals surface area (Å²) in [5.74, 6) is -0.0458. The van der Waals surface area contributed by atoms with Crippen molar-refractivity contribution in [3.8, 4) is 0 Å². The first-order valence-electron chi connectivity index (χ1n) is 39.1. The van der Waals surface area contributed by atoms with Crippen LogP contribution >= 0.6 is 0 Å². The summed E-state index contributed by atoms with van der Waals surface area (Å²) in [6.07, 6.45) is 95.8. The minimum atomic E-state index is -0.843. The van der Waals surface area contributed by atoms with E-state index in [0.29, 0.717) is 19.4 Å². The van der Waals surface area contributed by atoms with Crippen LogP contribution in [0.2, 0.25) is 0 Å². The van der Waals surface area contributed by atoms with Gasteiger partial charge in [0, 0.05) is 12.8 Å². The van der Waals surface area contributed by atoms with Gasteiger partial charge >= 0.3 is 5.97 Å². The van der Waals surface area contributed by atoms with Crippen molar-refractivity contribution in [2.45, 2.75) is 456 Å². The lowest BCUT2D eigenvalue weighted by molar-refractivity contribution is -0.143. The summed E-state index contributed by atoms with van der Waals surface area (Å²) in [6.45, 7) is 4.95. The molecule has 0 aromatic carbocycles. The average Bonchev–Trinajstić information content (AvgIpc) is 3.51. The lowest BCUT2D eigenvalue weighted by atomic mass is 10.0. The molecular formula is C79H153NO5. The second-order valence-electron chi connectivity index (χ2n) is 27.0. The van der Waals surface area contributed by atoms with Gasteiger partial charge in [-0.25, -0.2) is 0 Å². The molecule has 0 radical (unpaired) electrons. The fourth-order valence-electron chi connectivity index (χ4n) is 12.5. The summed E-state index contributed by atoms with van der Waals surface area (Å²) in [5.41, 5.74) is 0. The Labute approximate surface area is 532 Å². The largest absolute Gasteiger partial charge is 0.466 e. The van der Waals surface area contributed by atoms with E-state index in [2.05, 4.69) is 31.3 Å². The molecule has 0 fully saturated rings. The first-order valence-corrected chi connectivity index (χ1v) is 39.1. The number of unbranched alkanes of at least 4 members (excludes halogenated alkanes) is 61. The molecular weight excluding hydrogens is 1040 g/mol. The molecule has 0 saturated heterocycles. The number of aliphatic hydroxyl groups is 2. The maximum Gasteiger partial charge on any atom is 0.305 e. The maximum atomic E-state index is 12.5. The van der Waals surface area contributed by atoms with Crippen molar-refractivity contribution in [1.29, 1.82) is 0 Å². The van der Waals surface area contributed by atoms with Gasteiger partial charge in [-0.05, 0) is 57.8 Å². The fourth-order valence-corrected chi connectivity index (χ4v) is 12.5. The Balaban J connectivity index is 3.36. The fraction of sp³-hybridized carbons (Fsp3) is 0.924. The summed E-state index contributed by atoms with van der Waals surface area (Å²) < 4.78 is 5.50. The second kappa shape index (κ2) is 74.8. The van der Waals surface area contributed by atoms with Crippen LogP contribution in [0.25, 0.3) is 0 Å². The van der Waals surface area contributed by atoms with Crippen LogP contribution in [0.3, 0.4) is 0 Å². The van der Waals surface area contributed by atoms with Crippen LogP contribution in [0.4, 0.5) is 0 Å². The number of ether oxygens (including phenoxy) is 1. The van der Waals surface area contributed by atoms with Crippen LogP contribution in [-0.2, 0) is 14.3 Å². The number of carbonyl (C=O) groups excluding carboxylic acids is 2. The van der Waals surface area contributed by atoms with Crippen molar-refractivity contribution in [2.75, 3.05) is 13.2 Å². The van der Waals surface area contributed by atoms with Crippen LogP contribution < -0.4 is 5.32 Å². The Morgan fingerprint density at radius 1 is 0.318 bits per heavy atom. The summed E-state index contributed by atoms with van der Waals surface area (Å²) >= 11 is 0. The van der Waals surface area contributed by atoms with E-state index in [9.17, 15) is 19.8 Å². The predicted molar refractivity (Wildman–Crippen MR) is 375 cm³/mol. The molecule has 85 heavy (non-hydrogen) atoms. The summed E-state index contributed by atoms with van der Waals surface area (Å²) in [6, 6.07) is -0.626. The van der Waals surface area contributed by atoms with Gasteiger partial charge < -0.3 is 20.3 Å². The third-order valence-electron chi connectivity index (χ3n) is 18.5. The highest BCUT2D eigenvalue weighted by atomic mass is 16.5. The van der Waals surface area contributed by atoms with Crippen molar-refractivity contribution in [3.63, 3.8) is 0 Å². The number of amides is 1. The van der Waals surface area contributed by atoms with E-state index in [1.165, 1.54) is 372 Å². The van der Waals surface area contributed by atoms with Crippen molar-refractivity contribution in [3.05, 3.63) is 24.3 Å². The molecule has 0 aromatic rings. The number of rotatable bonds is 74. The van der Waals surface area contributed by atoms with E-state index in [1.54, 1.807) is 6.08 Å². The van der Waals surface area contributed by atoms with Gasteiger partial charge in [-0.1, -0.05) is 398 Å². The van der Waals surface area contributed by atoms with Crippen molar-refractivity contribution in [2.24, 2.45) is 0 Å². The molecule has 0 aliphatic carbocycles. The van der Waals surface area contributed by atoms with Crippen LogP contribution in [-0.4, -0.2) is 47.4 Å². The van der Waals surface area contributed by atoms with E-state index in [-0.39, 0.29) is 18.5 Å². The van der Waals surface area contributed by atoms with E-state index in [4.69, 9.17) is 4.74 Å². The molecule has 1 amide bonds. The normalized spacial score (nSPS) is 12.6. The Bertz CT molecular complexity index is 1330. The molecule has 0 aliphatic rings. The summed E-state index contributed by atoms with van der Waals surface area (Å²) in [4.78, 5) is 24.6. The maximum absolute atomic E-state index is 12.5. The Hall–Kier alpha value is -1.66. The molecule has 3 N–H and O–H groups in total. The van der Waals surface area contributed by atoms with E-state index < -0.39 is 12.1 Å². The lowest BCUT2D eigenvalue weighted by Gasteiger charge is -2.20. The molecule has 2 unspecified atom stereocenters. The smallest absolute Gasteiger partial charge is 0.305 e. The number of carbonyl (C=O) groups is 2. The molecule has 0 heterocycles. The highest BCUT2D eigenvalue weighted by molar-refractivity contribution is 5.76. The zero-order valence-electron chi connectivity index (χ0n) is 57.9. The molecule has 2 atom stereocenters. The molecule has 6 heteroatoms. The van der Waals surface area contributed by atoms with Gasteiger partial charge in [-0.2, -0.15) is 0 Å². The molecule has 504 valence electrons. The van der Waals surface area contributed by atoms with Gasteiger partial charge in [-0.3, -0.25) is 9.59 Å². The van der Waals surface area contributed by atoms with Gasteiger partial charge in [0.05, 0.1) is 25.4 Å². The number of aliphatic hydroxyl groups excluding tert-OH is 2. The quantitative estimate of drug-likeness (QED) is 0.0320. The number of allylic oxidation sites excluding steroid dienone is 3. The SMILES string of the molecule is CCCCCCCCC/C=C\CCCCCCCC(=O)OCCCCCCCCCCCCCCCCCCCCCCCCCCCCCCCCC(=O)NC(CO)C(O)/C=C/CCCCCCCCCCCCCCCCCCCCCC. The van der Waals surface area contributed by atoms with E-state index in [1.807, 2.05) is 6.08 Å². The van der Waals surface area contributed by atoms with Crippen LogP contribution in [0, 0.1) is 0 Å². The molecule has 6 nitrogen and oxygen atoms in total. The highest BCUT2D eigenvalue weighted by Gasteiger charge is 2.18. The van der Waals surface area contributed by atoms with Crippen molar-refractivity contribution < 1.29 is 24.5 Å². The second-order valence-corrected chi connectivity index (χ2v) is 27.0. The molecule has 0 aromatic heterocycles. The zero-order chi connectivity index (χ0) is 61.3. The predicted octanol–water partition coefficient (Wildman–Crippen LogP) is 25.7. The van der Waals surface area contributed by atoms with E-state index in [0.717, 1.165) is 44.9 Å². The third-order valence-corrected chi connectivity index (χ3v) is 18.5. The molecule has 0 bridgehead atoms. The van der Waals surface area contributed by atoms with E-state index >= 15 is 0 Å². The van der Waals surface area contributed by atoms with Gasteiger partial charge in [0.15, 0.2) is 0 Å². The van der Waals surface area contributed by atoms with Crippen LogP contribution in [0.15, 0.2) is 24.3 Å². The standard InChI is InChI=1S/C79H153NO5/c1-3-5-7-9-11-13-15-17-19-21-22-23-34-37-40-43-47-51-55-59-63-67-71-77(82)76(75-81)80-78(83)72-68-64-60-56-52-48-44-41-38-35-32-30-28-26-24-25-27-29-31-33-36-39-42-46-50-54-58-62-66-70-74-85-79(84)73-69-65-61-57-53-49-45-20-18-16-14-12-10-8-6-4-2/h20,45,67,71,76-77,81-82H,3-19,21-44,46-66,68-70,72-75H2,1-2H3,(H,80,83)/b45-20-,71-67+. The number of nitrogens with one attached hydrogen (secondary N) is 1. The minimum Gasteiger partial charge on any atom is -0.466 e. The minimum absolute atomic E-state index is 0.0134. The van der Waals surface area contributed by atoms with Crippen LogP contribution in [0.1, 0.15) is 444 Å². The Kier molecular flexibility index (Phi) is 73.3. The van der Waals surface area contributed by atoms with Gasteiger partial charge in [0.1, 0.15) is 0 Å². The van der Waals surface area contributed by atoms with Crippen molar-refractivity contribution >= 4 is 11.9 Å². The van der Waals surface area contributed by atoms with Crippen LogP contribution in [0.5, 0.6) is 0 Å². The summed E-state index contributed by atoms with van der Waals surface area (Å²) in [5, 5.41) is 23.3. The van der Waals surface area contributed by atoms with Crippen molar-refractivity contribution in [1.82, 2.24) is 5.32 Å². The average molecular weight is 1200 g/mol. The molecule has 0 saturated carbocycles. The van der Waals surface area contributed by atoms with Gasteiger partial charge in [0.2, 0.25) is 5.91 Å². The lowest BCUT2D eigenvalue weighted by Crippen LogP contribution is -2.45. The molecule has 0 spiro atoms. The Morgan fingerprint density at radius 3 is 0.835 bits per heavy atom. The highest BCUT2D eigenvalue weighted by Crippen LogP contribution is 2.20.